The second kappa shape index (κ2) is 3.06. The molecule has 0 unspecified atom stereocenters. The Morgan fingerprint density at radius 2 is 1.77 bits per heavy atom. The van der Waals surface area contributed by atoms with Crippen molar-refractivity contribution in [1.29, 1.82) is 0 Å². The number of amides is 2. The average molecular weight is 199 g/mol. The van der Waals surface area contributed by atoms with Gasteiger partial charge in [0.25, 0.3) is 11.8 Å². The van der Waals surface area contributed by atoms with Crippen LogP contribution in [0.4, 0.5) is 5.00 Å². The molecule has 70 valence electrons. The number of rotatable bonds is 2. The van der Waals surface area contributed by atoms with E-state index in [0.29, 0.717) is 5.56 Å². The third kappa shape index (κ3) is 1.48. The highest BCUT2D eigenvalue weighted by Gasteiger charge is 2.19. The molecule has 1 aromatic rings. The number of thiophene rings is 1. The van der Waals surface area contributed by atoms with Gasteiger partial charge in [-0.1, -0.05) is 0 Å². The summed E-state index contributed by atoms with van der Waals surface area (Å²) in [6.07, 6.45) is 0. The zero-order valence-electron chi connectivity index (χ0n) is 6.96. The van der Waals surface area contributed by atoms with Crippen LogP contribution in [0.15, 0.2) is 0 Å². The van der Waals surface area contributed by atoms with E-state index in [1.54, 1.807) is 6.92 Å². The van der Waals surface area contributed by atoms with E-state index in [1.807, 2.05) is 0 Å². The normalized spacial score (nSPS) is 9.92. The van der Waals surface area contributed by atoms with Gasteiger partial charge in [0, 0.05) is 0 Å². The molecule has 0 radical (unpaired) electrons. The maximum Gasteiger partial charge on any atom is 0.259 e. The number of nitrogens with two attached hydrogens (primary N) is 3. The van der Waals surface area contributed by atoms with E-state index < -0.39 is 11.8 Å². The van der Waals surface area contributed by atoms with Crippen molar-refractivity contribution in [2.24, 2.45) is 11.5 Å². The third-order valence-electron chi connectivity index (χ3n) is 1.64. The Morgan fingerprint density at radius 3 is 2.00 bits per heavy atom. The molecule has 1 aromatic heterocycles. The number of primary amides is 2. The number of carbonyl (C=O) groups is 2. The van der Waals surface area contributed by atoms with E-state index >= 15 is 0 Å². The van der Waals surface area contributed by atoms with Crippen molar-refractivity contribution in [1.82, 2.24) is 0 Å². The fourth-order valence-corrected chi connectivity index (χ4v) is 2.01. The van der Waals surface area contributed by atoms with Gasteiger partial charge in [0.1, 0.15) is 0 Å². The van der Waals surface area contributed by atoms with Gasteiger partial charge in [0.05, 0.1) is 15.4 Å². The monoisotopic (exact) mass is 199 g/mol. The Kier molecular flexibility index (Phi) is 2.24. The molecule has 0 atom stereocenters. The molecule has 0 fully saturated rings. The molecule has 1 rings (SSSR count). The number of hydrogen-bond donors (Lipinski definition) is 3. The van der Waals surface area contributed by atoms with Crippen LogP contribution in [0, 0.1) is 6.92 Å². The minimum atomic E-state index is -0.640. The number of nitrogen functional groups attached to an aromatic ring is 1. The van der Waals surface area contributed by atoms with Gasteiger partial charge in [-0.25, -0.2) is 0 Å². The average Bonchev–Trinajstić information content (AvgIpc) is 2.26. The highest BCUT2D eigenvalue weighted by molar-refractivity contribution is 7.18. The van der Waals surface area contributed by atoms with Crippen molar-refractivity contribution in [3.8, 4) is 0 Å². The minimum absolute atomic E-state index is 0.193. The van der Waals surface area contributed by atoms with Gasteiger partial charge in [-0.15, -0.1) is 11.3 Å². The maximum absolute atomic E-state index is 10.9. The molecule has 6 N–H and O–H groups in total. The lowest BCUT2D eigenvalue weighted by atomic mass is 10.1. The van der Waals surface area contributed by atoms with Crippen molar-refractivity contribution in [2.75, 3.05) is 5.73 Å². The molecule has 0 aliphatic heterocycles. The van der Waals surface area contributed by atoms with Crippen molar-refractivity contribution in [3.05, 3.63) is 16.0 Å². The van der Waals surface area contributed by atoms with Crippen LogP contribution in [0.2, 0.25) is 0 Å². The third-order valence-corrected chi connectivity index (χ3v) is 2.78. The Labute approximate surface area is 78.5 Å². The SMILES string of the molecule is Cc1c(C(N)=O)sc(N)c1C(N)=O. The molecule has 0 saturated heterocycles. The van der Waals surface area contributed by atoms with Crippen LogP contribution in [0.1, 0.15) is 25.6 Å². The molecule has 0 aromatic carbocycles. The highest BCUT2D eigenvalue weighted by Crippen LogP contribution is 2.29. The molecule has 0 aliphatic rings. The fraction of sp³-hybridized carbons (Fsp3) is 0.143. The molecule has 1 heterocycles. The van der Waals surface area contributed by atoms with Gasteiger partial charge >= 0.3 is 0 Å². The van der Waals surface area contributed by atoms with E-state index in [1.165, 1.54) is 0 Å². The summed E-state index contributed by atoms with van der Waals surface area (Å²) in [5.41, 5.74) is 16.3. The predicted molar refractivity (Wildman–Crippen MR) is 50.5 cm³/mol. The first-order valence-electron chi connectivity index (χ1n) is 3.43. The fourth-order valence-electron chi connectivity index (χ4n) is 1.08. The molecule has 0 bridgehead atoms. The van der Waals surface area contributed by atoms with Gasteiger partial charge in [-0.2, -0.15) is 0 Å². The summed E-state index contributed by atoms with van der Waals surface area (Å²) in [6, 6.07) is 0. The van der Waals surface area contributed by atoms with Crippen LogP contribution < -0.4 is 17.2 Å². The molecule has 13 heavy (non-hydrogen) atoms. The van der Waals surface area contributed by atoms with E-state index in [-0.39, 0.29) is 15.4 Å². The zero-order valence-corrected chi connectivity index (χ0v) is 7.77. The lowest BCUT2D eigenvalue weighted by Crippen LogP contribution is -2.15. The van der Waals surface area contributed by atoms with E-state index in [2.05, 4.69) is 0 Å². The van der Waals surface area contributed by atoms with E-state index in [9.17, 15) is 9.59 Å². The standard InChI is InChI=1S/C7H9N3O2S/c1-2-3(5(8)11)7(10)13-4(2)6(9)12/h10H2,1H3,(H2,8,11)(H2,9,12). The topological polar surface area (TPSA) is 112 Å². The van der Waals surface area contributed by atoms with Crippen molar-refractivity contribution in [2.45, 2.75) is 6.92 Å². The van der Waals surface area contributed by atoms with Gasteiger partial charge in [-0.3, -0.25) is 9.59 Å². The molecule has 2 amide bonds. The zero-order chi connectivity index (χ0) is 10.2. The molecular formula is C7H9N3O2S. The van der Waals surface area contributed by atoms with Gasteiger partial charge < -0.3 is 17.2 Å². The van der Waals surface area contributed by atoms with Crippen molar-refractivity contribution >= 4 is 28.2 Å². The van der Waals surface area contributed by atoms with Gasteiger partial charge in [0.15, 0.2) is 0 Å². The predicted octanol–water partition coefficient (Wildman–Crippen LogP) is -0.163. The summed E-state index contributed by atoms with van der Waals surface area (Å²) < 4.78 is 0. The Hall–Kier alpha value is -1.56. The number of carbonyl (C=O) groups excluding carboxylic acids is 2. The first kappa shape index (κ1) is 9.53. The summed E-state index contributed by atoms with van der Waals surface area (Å²) >= 11 is 0.980. The highest BCUT2D eigenvalue weighted by atomic mass is 32.1. The quantitative estimate of drug-likeness (QED) is 0.614. The summed E-state index contributed by atoms with van der Waals surface area (Å²) in [7, 11) is 0. The molecule has 5 nitrogen and oxygen atoms in total. The maximum atomic E-state index is 10.9. The first-order chi connectivity index (χ1) is 5.95. The molecule has 0 saturated carbocycles. The summed E-state index contributed by atoms with van der Waals surface area (Å²) in [5, 5.41) is 0.235. The van der Waals surface area contributed by atoms with E-state index in [4.69, 9.17) is 17.2 Å². The smallest absolute Gasteiger partial charge is 0.259 e. The van der Waals surface area contributed by atoms with Crippen molar-refractivity contribution < 1.29 is 9.59 Å². The van der Waals surface area contributed by atoms with E-state index in [0.717, 1.165) is 11.3 Å². The van der Waals surface area contributed by atoms with Crippen LogP contribution in [0.5, 0.6) is 0 Å². The molecular weight excluding hydrogens is 190 g/mol. The molecule has 0 spiro atoms. The lowest BCUT2D eigenvalue weighted by Gasteiger charge is -1.94. The Bertz CT molecular complexity index is 383. The number of anilines is 1. The van der Waals surface area contributed by atoms with Gasteiger partial charge in [0.2, 0.25) is 0 Å². The summed E-state index contributed by atoms with van der Waals surface area (Å²) in [6.45, 7) is 1.59. The van der Waals surface area contributed by atoms with Crippen LogP contribution in [-0.4, -0.2) is 11.8 Å². The largest absolute Gasteiger partial charge is 0.390 e. The Balaban J connectivity index is 3.39. The summed E-state index contributed by atoms with van der Waals surface area (Å²) in [4.78, 5) is 22.0. The first-order valence-corrected chi connectivity index (χ1v) is 4.25. The van der Waals surface area contributed by atoms with Crippen LogP contribution >= 0.6 is 11.3 Å². The Morgan fingerprint density at radius 1 is 1.23 bits per heavy atom. The van der Waals surface area contributed by atoms with Crippen molar-refractivity contribution in [3.63, 3.8) is 0 Å². The number of hydrogen-bond acceptors (Lipinski definition) is 4. The second-order valence-electron chi connectivity index (χ2n) is 2.52. The van der Waals surface area contributed by atoms with Crippen LogP contribution in [0.25, 0.3) is 0 Å². The molecule has 0 aliphatic carbocycles. The summed E-state index contributed by atoms with van der Waals surface area (Å²) in [5.74, 6) is -1.24. The lowest BCUT2D eigenvalue weighted by molar-refractivity contribution is 0.0999. The van der Waals surface area contributed by atoms with Crippen LogP contribution in [0.3, 0.4) is 0 Å². The second-order valence-corrected chi connectivity index (χ2v) is 3.58. The minimum Gasteiger partial charge on any atom is -0.390 e. The van der Waals surface area contributed by atoms with Gasteiger partial charge in [-0.05, 0) is 12.5 Å². The molecule has 6 heteroatoms. The van der Waals surface area contributed by atoms with Crippen LogP contribution in [-0.2, 0) is 0 Å².